The van der Waals surface area contributed by atoms with Gasteiger partial charge < -0.3 is 14.6 Å². The van der Waals surface area contributed by atoms with Crippen LogP contribution in [0.4, 0.5) is 4.39 Å². The van der Waals surface area contributed by atoms with E-state index in [2.05, 4.69) is 39.1 Å². The summed E-state index contributed by atoms with van der Waals surface area (Å²) in [4.78, 5) is 9.57. The predicted molar refractivity (Wildman–Crippen MR) is 129 cm³/mol. The van der Waals surface area contributed by atoms with Crippen LogP contribution in [0.1, 0.15) is 29.4 Å². The molecule has 0 atom stereocenters. The smallest absolute Gasteiger partial charge is 0.171 e. The number of benzene rings is 1. The molecule has 0 amide bonds. The Balaban J connectivity index is 1.51. The van der Waals surface area contributed by atoms with E-state index in [9.17, 15) is 4.39 Å². The van der Waals surface area contributed by atoms with E-state index in [-0.39, 0.29) is 12.4 Å². The standard InChI is InChI=1S/C26H22FN7O/c1-14-10-18-24-22(15(2)30-12-33(14)24)17-4-3-8-28-23(17)26(34-13-31-32-25(18)34)29-11-19-16-7-9-35-21(16)6-5-20(19)27/h3-6,8,10,13,29H,7,9,11-12H2,1-2H3. The maximum absolute atomic E-state index is 14.9. The van der Waals surface area contributed by atoms with Crippen molar-refractivity contribution < 1.29 is 9.13 Å². The van der Waals surface area contributed by atoms with Gasteiger partial charge in [-0.15, -0.1) is 10.2 Å². The third-order valence-corrected chi connectivity index (χ3v) is 7.06. The first-order valence-electron chi connectivity index (χ1n) is 11.6. The van der Waals surface area contributed by atoms with E-state index in [4.69, 9.17) is 14.7 Å². The highest BCUT2D eigenvalue weighted by atomic mass is 19.1. The second-order valence-electron chi connectivity index (χ2n) is 8.96. The molecule has 4 aromatic rings. The molecule has 0 radical (unpaired) electrons. The Morgan fingerprint density at radius 1 is 1.20 bits per heavy atom. The quantitative estimate of drug-likeness (QED) is 0.498. The lowest BCUT2D eigenvalue weighted by Gasteiger charge is -2.23. The van der Waals surface area contributed by atoms with Crippen molar-refractivity contribution >= 4 is 17.1 Å². The predicted octanol–water partition coefficient (Wildman–Crippen LogP) is 1.87. The Morgan fingerprint density at radius 2 is 2.11 bits per heavy atom. The number of hydrogen-bond acceptors (Lipinski definition) is 6. The number of rotatable bonds is 3. The second kappa shape index (κ2) is 7.36. The van der Waals surface area contributed by atoms with Crippen LogP contribution < -0.4 is 20.6 Å². The fourth-order valence-electron chi connectivity index (χ4n) is 5.39. The molecule has 0 saturated heterocycles. The van der Waals surface area contributed by atoms with Crippen LogP contribution in [0.3, 0.4) is 0 Å². The minimum absolute atomic E-state index is 0.252. The minimum atomic E-state index is -0.252. The normalized spacial score (nSPS) is 15.3. The van der Waals surface area contributed by atoms with Crippen LogP contribution in [0, 0.1) is 12.7 Å². The molecular formula is C26H22FN7O. The lowest BCUT2D eigenvalue weighted by atomic mass is 9.98. The summed E-state index contributed by atoms with van der Waals surface area (Å²) in [5.74, 6) is 1.90. The van der Waals surface area contributed by atoms with Crippen molar-refractivity contribution in [3.63, 3.8) is 0 Å². The highest BCUT2D eigenvalue weighted by Gasteiger charge is 2.29. The zero-order valence-corrected chi connectivity index (χ0v) is 19.3. The number of halogens is 1. The molecule has 0 saturated carbocycles. The van der Waals surface area contributed by atoms with Crippen LogP contribution in [0.2, 0.25) is 0 Å². The summed E-state index contributed by atoms with van der Waals surface area (Å²) >= 11 is 0. The number of pyridine rings is 1. The van der Waals surface area contributed by atoms with E-state index < -0.39 is 0 Å². The molecule has 0 unspecified atom stereocenters. The second-order valence-corrected chi connectivity index (χ2v) is 8.96. The minimum Gasteiger partial charge on any atom is -0.493 e. The molecule has 6 heterocycles. The van der Waals surface area contributed by atoms with Crippen LogP contribution in [-0.4, -0.2) is 36.6 Å². The van der Waals surface area contributed by atoms with Gasteiger partial charge in [0.15, 0.2) is 5.82 Å². The first-order valence-corrected chi connectivity index (χ1v) is 11.6. The molecule has 3 aliphatic rings. The van der Waals surface area contributed by atoms with Gasteiger partial charge in [-0.05, 0) is 38.1 Å². The van der Waals surface area contributed by atoms with Gasteiger partial charge in [0.25, 0.3) is 0 Å². The molecule has 0 bridgehead atoms. The van der Waals surface area contributed by atoms with Crippen molar-refractivity contribution in [3.8, 4) is 17.1 Å². The zero-order chi connectivity index (χ0) is 23.7. The highest BCUT2D eigenvalue weighted by Crippen LogP contribution is 2.35. The van der Waals surface area contributed by atoms with Crippen LogP contribution in [0.5, 0.6) is 5.75 Å². The molecule has 3 aromatic heterocycles. The van der Waals surface area contributed by atoms with Crippen LogP contribution in [0.25, 0.3) is 22.8 Å². The molecule has 7 rings (SSSR count). The van der Waals surface area contributed by atoms with Crippen molar-refractivity contribution in [1.29, 1.82) is 0 Å². The van der Waals surface area contributed by atoms with Gasteiger partial charge in [0.1, 0.15) is 35.7 Å². The third-order valence-electron chi connectivity index (χ3n) is 7.06. The molecule has 9 heteroatoms. The van der Waals surface area contributed by atoms with E-state index in [1.165, 1.54) is 6.07 Å². The topological polar surface area (TPSA) is 82.1 Å². The molecule has 1 N–H and O–H groups in total. The average molecular weight is 468 g/mol. The fraction of sp³-hybridized carbons (Fsp3) is 0.231. The van der Waals surface area contributed by atoms with E-state index in [1.807, 2.05) is 17.6 Å². The number of nitrogens with zero attached hydrogens (tertiary/aromatic N) is 6. The Hall–Kier alpha value is -4.27. The van der Waals surface area contributed by atoms with Gasteiger partial charge in [0.05, 0.1) is 12.3 Å². The Morgan fingerprint density at radius 3 is 3.03 bits per heavy atom. The molecule has 0 fully saturated rings. The molecule has 1 aromatic carbocycles. The number of aryl methyl sites for hydroxylation is 1. The summed E-state index contributed by atoms with van der Waals surface area (Å²) in [6.45, 7) is 5.52. The van der Waals surface area contributed by atoms with Gasteiger partial charge in [0, 0.05) is 58.1 Å². The number of aliphatic imine (C=N–C) groups is 1. The summed E-state index contributed by atoms with van der Waals surface area (Å²) in [7, 11) is 0. The van der Waals surface area contributed by atoms with E-state index in [0.29, 0.717) is 36.9 Å². The summed E-state index contributed by atoms with van der Waals surface area (Å²) < 4.78 is 24.7. The van der Waals surface area contributed by atoms with E-state index >= 15 is 0 Å². The molecule has 0 aliphatic carbocycles. The number of fused-ring (bicyclic) bond motifs is 4. The number of aromatic nitrogens is 5. The van der Waals surface area contributed by atoms with Crippen LogP contribution in [0.15, 0.2) is 47.8 Å². The van der Waals surface area contributed by atoms with Gasteiger partial charge in [-0.3, -0.25) is 14.5 Å². The summed E-state index contributed by atoms with van der Waals surface area (Å²) in [5, 5.41) is 13.9. The molecule has 0 spiro atoms. The summed E-state index contributed by atoms with van der Waals surface area (Å²) in [6, 6.07) is 9.29. The number of ether oxygens (including phenoxy) is 1. The zero-order valence-electron chi connectivity index (χ0n) is 19.3. The number of nitrogens with one attached hydrogen (secondary N) is 1. The van der Waals surface area contributed by atoms with Crippen molar-refractivity contribution in [2.24, 2.45) is 4.99 Å². The Bertz CT molecular complexity index is 1690. The largest absolute Gasteiger partial charge is 0.493 e. The third kappa shape index (κ3) is 2.84. The lowest BCUT2D eigenvalue weighted by molar-refractivity contribution is 0.356. The molecule has 174 valence electrons. The first kappa shape index (κ1) is 20.1. The summed E-state index contributed by atoms with van der Waals surface area (Å²) in [6.07, 6.45) is 4.14. The van der Waals surface area contributed by atoms with Crippen LogP contribution >= 0.6 is 0 Å². The lowest BCUT2D eigenvalue weighted by Crippen LogP contribution is -2.41. The monoisotopic (exact) mass is 467 g/mol. The van der Waals surface area contributed by atoms with Gasteiger partial charge in [-0.1, -0.05) is 6.07 Å². The SMILES string of the molecule is CC1=NCn2c(C)cc3c2C1=c1cccnc1=C(NCc1c(F)ccc2c1CCO2)n1cnnc1-3. The van der Waals surface area contributed by atoms with Crippen molar-refractivity contribution in [1.82, 2.24) is 29.6 Å². The van der Waals surface area contributed by atoms with E-state index in [1.54, 1.807) is 18.6 Å². The van der Waals surface area contributed by atoms with Gasteiger partial charge in [-0.25, -0.2) is 4.39 Å². The van der Waals surface area contributed by atoms with E-state index in [0.717, 1.165) is 50.1 Å². The molecular weight excluding hydrogens is 445 g/mol. The van der Waals surface area contributed by atoms with Crippen LogP contribution in [-0.2, 0) is 19.6 Å². The molecule has 8 nitrogen and oxygen atoms in total. The van der Waals surface area contributed by atoms with Gasteiger partial charge in [-0.2, -0.15) is 0 Å². The van der Waals surface area contributed by atoms with Crippen molar-refractivity contribution in [2.45, 2.75) is 33.5 Å². The molecule has 35 heavy (non-hydrogen) atoms. The molecule has 3 aliphatic heterocycles. The van der Waals surface area contributed by atoms with Crippen molar-refractivity contribution in [2.75, 3.05) is 6.61 Å². The van der Waals surface area contributed by atoms with Gasteiger partial charge >= 0.3 is 0 Å². The maximum Gasteiger partial charge on any atom is 0.171 e. The highest BCUT2D eigenvalue weighted by molar-refractivity contribution is 6.23. The first-order chi connectivity index (χ1) is 17.1. The fourth-order valence-corrected chi connectivity index (χ4v) is 5.39. The summed E-state index contributed by atoms with van der Waals surface area (Å²) in [5.41, 5.74) is 6.64. The number of hydrogen-bond donors (Lipinski definition) is 1. The van der Waals surface area contributed by atoms with Crippen molar-refractivity contribution in [3.05, 3.63) is 81.8 Å². The Kier molecular flexibility index (Phi) is 4.24. The Labute approximate surface area is 200 Å². The average Bonchev–Trinajstić information content (AvgIpc) is 3.59. The maximum atomic E-state index is 14.9. The van der Waals surface area contributed by atoms with Gasteiger partial charge in [0.2, 0.25) is 0 Å².